The molecule has 0 spiro atoms. The third-order valence-electron chi connectivity index (χ3n) is 5.68. The summed E-state index contributed by atoms with van der Waals surface area (Å²) in [5.41, 5.74) is 3.90. The minimum absolute atomic E-state index is 0.277. The maximum Gasteiger partial charge on any atom is 0.231 e. The Balaban J connectivity index is 1.32. The first-order valence-corrected chi connectivity index (χ1v) is 11.0. The Kier molecular flexibility index (Phi) is 6.94. The highest BCUT2D eigenvalue weighted by Crippen LogP contribution is 2.32. The number of nitrogens with one attached hydrogen (secondary N) is 1. The summed E-state index contributed by atoms with van der Waals surface area (Å²) in [6.45, 7) is 6.63. The van der Waals surface area contributed by atoms with Crippen LogP contribution in [0.25, 0.3) is 0 Å². The molecule has 0 aliphatic carbocycles. The van der Waals surface area contributed by atoms with E-state index in [4.69, 9.17) is 14.5 Å². The van der Waals surface area contributed by atoms with Crippen LogP contribution in [0, 0.1) is 0 Å². The van der Waals surface area contributed by atoms with E-state index >= 15 is 0 Å². The molecule has 7 nitrogen and oxygen atoms in total. The average Bonchev–Trinajstić information content (AvgIpc) is 3.24. The highest BCUT2D eigenvalue weighted by atomic mass is 16.7. The molecule has 0 aromatic heterocycles. The van der Waals surface area contributed by atoms with Gasteiger partial charge < -0.3 is 24.8 Å². The molecule has 0 saturated carbocycles. The van der Waals surface area contributed by atoms with Gasteiger partial charge in [-0.15, -0.1) is 0 Å². The lowest BCUT2D eigenvalue weighted by Gasteiger charge is -2.30. The molecule has 7 heteroatoms. The minimum Gasteiger partial charge on any atom is -0.454 e. The molecular formula is C24H32N4O3. The van der Waals surface area contributed by atoms with Gasteiger partial charge in [-0.25, -0.2) is 0 Å². The van der Waals surface area contributed by atoms with Crippen molar-refractivity contribution in [2.24, 2.45) is 4.99 Å². The van der Waals surface area contributed by atoms with Gasteiger partial charge in [-0.05, 0) is 42.2 Å². The number of β-amino-alcohol motifs (C(OH)–C–C–N with tert-alkyl or cyclic N) is 1. The largest absolute Gasteiger partial charge is 0.454 e. The van der Waals surface area contributed by atoms with Crippen molar-refractivity contribution in [3.05, 3.63) is 59.2 Å². The van der Waals surface area contributed by atoms with Crippen LogP contribution < -0.4 is 14.8 Å². The summed E-state index contributed by atoms with van der Waals surface area (Å²) in [6.07, 6.45) is 0.533. The lowest BCUT2D eigenvalue weighted by Crippen LogP contribution is -2.40. The second-order valence-electron chi connectivity index (χ2n) is 8.15. The Hall–Kier alpha value is -2.77. The van der Waals surface area contributed by atoms with Gasteiger partial charge in [-0.3, -0.25) is 9.89 Å². The van der Waals surface area contributed by atoms with Crippen molar-refractivity contribution in [1.29, 1.82) is 0 Å². The smallest absolute Gasteiger partial charge is 0.231 e. The number of ether oxygens (including phenoxy) is 2. The van der Waals surface area contributed by atoms with Crippen LogP contribution >= 0.6 is 0 Å². The predicted molar refractivity (Wildman–Crippen MR) is 121 cm³/mol. The second kappa shape index (κ2) is 10.0. The van der Waals surface area contributed by atoms with E-state index in [1.165, 1.54) is 11.1 Å². The molecule has 0 fully saturated rings. The Labute approximate surface area is 184 Å². The van der Waals surface area contributed by atoms with E-state index in [2.05, 4.69) is 39.4 Å². The van der Waals surface area contributed by atoms with E-state index in [1.807, 2.05) is 32.2 Å². The SMILES string of the molecule is CCNC(=NCC(O)CN1CCc2ccccc2C1)N(C)Cc1ccc2c(c1)OCO2. The monoisotopic (exact) mass is 424 g/mol. The van der Waals surface area contributed by atoms with Gasteiger partial charge in [0.25, 0.3) is 0 Å². The Morgan fingerprint density at radius 1 is 1.19 bits per heavy atom. The standard InChI is InChI=1S/C24H32N4O3/c1-3-25-24(27(2)14-18-8-9-22-23(12-18)31-17-30-22)26-13-21(29)16-28-11-10-19-6-4-5-7-20(19)15-28/h4-9,12,21,29H,3,10-11,13-17H2,1-2H3,(H,25,26). The zero-order chi connectivity index (χ0) is 21.6. The number of hydrogen-bond donors (Lipinski definition) is 2. The molecule has 0 bridgehead atoms. The van der Waals surface area contributed by atoms with Crippen LogP contribution in [-0.4, -0.2) is 67.0 Å². The number of nitrogens with zero attached hydrogens (tertiary/aromatic N) is 3. The molecule has 2 N–H and O–H groups in total. The highest BCUT2D eigenvalue weighted by Gasteiger charge is 2.19. The summed E-state index contributed by atoms with van der Waals surface area (Å²) in [7, 11) is 2.00. The van der Waals surface area contributed by atoms with Crippen molar-refractivity contribution in [3.8, 4) is 11.5 Å². The lowest BCUT2D eigenvalue weighted by molar-refractivity contribution is 0.111. The predicted octanol–water partition coefficient (Wildman–Crippen LogP) is 2.23. The zero-order valence-corrected chi connectivity index (χ0v) is 18.4. The molecule has 2 aromatic carbocycles. The van der Waals surface area contributed by atoms with Gasteiger partial charge in [0, 0.05) is 39.8 Å². The molecule has 2 aliphatic heterocycles. The van der Waals surface area contributed by atoms with Crippen molar-refractivity contribution < 1.29 is 14.6 Å². The van der Waals surface area contributed by atoms with E-state index in [0.29, 0.717) is 19.6 Å². The number of hydrogen-bond acceptors (Lipinski definition) is 5. The van der Waals surface area contributed by atoms with Gasteiger partial charge in [-0.1, -0.05) is 30.3 Å². The Bertz CT molecular complexity index is 917. The third kappa shape index (κ3) is 5.48. The van der Waals surface area contributed by atoms with Crippen LogP contribution in [0.2, 0.25) is 0 Å². The van der Waals surface area contributed by atoms with Crippen LogP contribution in [0.15, 0.2) is 47.5 Å². The number of aliphatic hydroxyl groups excluding tert-OH is 1. The number of benzene rings is 2. The molecule has 1 atom stereocenters. The van der Waals surface area contributed by atoms with E-state index < -0.39 is 6.10 Å². The van der Waals surface area contributed by atoms with E-state index in [1.54, 1.807) is 0 Å². The van der Waals surface area contributed by atoms with Gasteiger partial charge in [-0.2, -0.15) is 0 Å². The first-order chi connectivity index (χ1) is 15.1. The number of rotatable bonds is 7. The molecule has 0 saturated heterocycles. The first-order valence-electron chi connectivity index (χ1n) is 11.0. The van der Waals surface area contributed by atoms with Gasteiger partial charge in [0.05, 0.1) is 12.6 Å². The summed E-state index contributed by atoms with van der Waals surface area (Å²) in [6, 6.07) is 14.5. The minimum atomic E-state index is -0.502. The van der Waals surface area contributed by atoms with Crippen molar-refractivity contribution in [2.75, 3.05) is 40.0 Å². The number of aliphatic hydroxyl groups is 1. The summed E-state index contributed by atoms with van der Waals surface area (Å²) in [5, 5.41) is 13.9. The van der Waals surface area contributed by atoms with Crippen molar-refractivity contribution in [3.63, 3.8) is 0 Å². The molecule has 0 amide bonds. The van der Waals surface area contributed by atoms with Crippen molar-refractivity contribution in [2.45, 2.75) is 32.5 Å². The second-order valence-corrected chi connectivity index (χ2v) is 8.15. The summed E-state index contributed by atoms with van der Waals surface area (Å²) in [5.74, 6) is 2.35. The molecule has 2 aromatic rings. The maximum absolute atomic E-state index is 10.6. The zero-order valence-electron chi connectivity index (χ0n) is 18.4. The topological polar surface area (TPSA) is 69.6 Å². The van der Waals surface area contributed by atoms with Crippen LogP contribution in [0.4, 0.5) is 0 Å². The third-order valence-corrected chi connectivity index (χ3v) is 5.68. The molecule has 2 heterocycles. The fourth-order valence-corrected chi connectivity index (χ4v) is 4.12. The molecular weight excluding hydrogens is 392 g/mol. The first kappa shape index (κ1) is 21.5. The molecule has 31 heavy (non-hydrogen) atoms. The van der Waals surface area contributed by atoms with Gasteiger partial charge in [0.15, 0.2) is 17.5 Å². The quantitative estimate of drug-likeness (QED) is 0.525. The fourth-order valence-electron chi connectivity index (χ4n) is 4.12. The van der Waals surface area contributed by atoms with Gasteiger partial charge in [0.1, 0.15) is 0 Å². The normalized spacial score (nSPS) is 16.7. The molecule has 4 rings (SSSR count). The van der Waals surface area contributed by atoms with Crippen LogP contribution in [0.5, 0.6) is 11.5 Å². The molecule has 1 unspecified atom stereocenters. The number of guanidine groups is 1. The maximum atomic E-state index is 10.6. The fraction of sp³-hybridized carbons (Fsp3) is 0.458. The van der Waals surface area contributed by atoms with Crippen molar-refractivity contribution >= 4 is 5.96 Å². The summed E-state index contributed by atoms with van der Waals surface area (Å²) in [4.78, 5) is 9.06. The molecule has 166 valence electrons. The van der Waals surface area contributed by atoms with Crippen molar-refractivity contribution in [1.82, 2.24) is 15.1 Å². The van der Waals surface area contributed by atoms with Crippen LogP contribution in [-0.2, 0) is 19.5 Å². The highest BCUT2D eigenvalue weighted by molar-refractivity contribution is 5.79. The van der Waals surface area contributed by atoms with E-state index in [0.717, 1.165) is 49.1 Å². The average molecular weight is 425 g/mol. The summed E-state index contributed by atoms with van der Waals surface area (Å²) >= 11 is 0. The number of aliphatic imine (C=N–C) groups is 1. The summed E-state index contributed by atoms with van der Waals surface area (Å²) < 4.78 is 10.9. The molecule has 0 radical (unpaired) electrons. The number of fused-ring (bicyclic) bond motifs is 2. The van der Waals surface area contributed by atoms with Crippen LogP contribution in [0.1, 0.15) is 23.6 Å². The Morgan fingerprint density at radius 3 is 2.84 bits per heavy atom. The lowest BCUT2D eigenvalue weighted by atomic mass is 10.00. The Morgan fingerprint density at radius 2 is 2.00 bits per heavy atom. The van der Waals surface area contributed by atoms with E-state index in [-0.39, 0.29) is 6.79 Å². The molecule has 2 aliphatic rings. The van der Waals surface area contributed by atoms with Gasteiger partial charge in [0.2, 0.25) is 6.79 Å². The van der Waals surface area contributed by atoms with Gasteiger partial charge >= 0.3 is 0 Å². The van der Waals surface area contributed by atoms with E-state index in [9.17, 15) is 5.11 Å². The van der Waals surface area contributed by atoms with Crippen LogP contribution in [0.3, 0.4) is 0 Å².